The first-order valence-electron chi connectivity index (χ1n) is 27.0. The SMILES string of the molecule is CCCCCCCCC/C=C/CC/C=C/CC/C=C/C(O)C(COC1OC(CO)C(O)C(OS(=O)(=O)O)C1O)NC(=O)C(O)CCCCCCCCCCCCCCCCCCCCCCC. The van der Waals surface area contributed by atoms with Crippen molar-refractivity contribution in [2.75, 3.05) is 13.2 Å². The molecular formula is C53H99NO12S. The van der Waals surface area contributed by atoms with Gasteiger partial charge < -0.3 is 40.3 Å². The zero-order valence-electron chi connectivity index (χ0n) is 42.1. The fourth-order valence-electron chi connectivity index (χ4n) is 8.49. The molecule has 1 aliphatic rings. The molecule has 0 aliphatic carbocycles. The maximum absolute atomic E-state index is 13.2. The molecule has 8 unspecified atom stereocenters. The number of unbranched alkanes of at least 4 members (excludes halogenated alkanes) is 29. The second kappa shape index (κ2) is 43.1. The van der Waals surface area contributed by atoms with Crippen molar-refractivity contribution in [3.8, 4) is 0 Å². The van der Waals surface area contributed by atoms with Crippen LogP contribution in [-0.2, 0) is 28.9 Å². The molecule has 67 heavy (non-hydrogen) atoms. The minimum Gasteiger partial charge on any atom is -0.394 e. The van der Waals surface area contributed by atoms with Crippen LogP contribution in [0.5, 0.6) is 0 Å². The summed E-state index contributed by atoms with van der Waals surface area (Å²) in [4.78, 5) is 13.2. The summed E-state index contributed by atoms with van der Waals surface area (Å²) in [6.45, 7) is 3.22. The van der Waals surface area contributed by atoms with Crippen LogP contribution in [0.4, 0.5) is 0 Å². The highest BCUT2D eigenvalue weighted by atomic mass is 32.3. The molecule has 7 N–H and O–H groups in total. The van der Waals surface area contributed by atoms with Gasteiger partial charge in [-0.3, -0.25) is 9.35 Å². The summed E-state index contributed by atoms with van der Waals surface area (Å²) in [5.74, 6) is -0.713. The first-order chi connectivity index (χ1) is 32.4. The van der Waals surface area contributed by atoms with Crippen LogP contribution in [0.2, 0.25) is 0 Å². The standard InChI is InChI=1S/C53H99NO12S/c1-3-5-7-9-11-13-15-17-19-21-22-23-24-26-28-30-32-34-36-38-40-42-47(57)52(60)54-45(44-64-53-50(59)51(66-67(61,62)63)49(58)48(43-55)65-53)46(56)41-39-37-35-33-31-29-27-25-20-18-16-14-12-10-8-6-4-2/h20,25,31,33,39,41,45-51,53,55-59H,3-19,21-24,26-30,32,34-38,40,42-44H2,1-2H3,(H,54,60)(H,61,62,63)/b25-20+,33-31+,41-39+. The van der Waals surface area contributed by atoms with Crippen LogP contribution in [-0.4, -0.2) is 107 Å². The quantitative estimate of drug-likeness (QED) is 0.0173. The summed E-state index contributed by atoms with van der Waals surface area (Å²) in [6.07, 6.45) is 40.8. The molecule has 14 heteroatoms. The number of carbonyl (C=O) groups excluding carboxylic acids is 1. The average molecular weight is 974 g/mol. The van der Waals surface area contributed by atoms with Crippen molar-refractivity contribution >= 4 is 16.3 Å². The number of amides is 1. The highest BCUT2D eigenvalue weighted by Gasteiger charge is 2.48. The molecule has 0 bridgehead atoms. The monoisotopic (exact) mass is 974 g/mol. The Morgan fingerprint density at radius 1 is 0.597 bits per heavy atom. The second-order valence-electron chi connectivity index (χ2n) is 18.9. The molecule has 13 nitrogen and oxygen atoms in total. The Balaban J connectivity index is 2.50. The third-order valence-electron chi connectivity index (χ3n) is 12.8. The topological polar surface area (TPSA) is 212 Å². The number of allylic oxidation sites excluding steroid dienone is 5. The van der Waals surface area contributed by atoms with Crippen molar-refractivity contribution in [2.45, 2.75) is 281 Å². The lowest BCUT2D eigenvalue weighted by molar-refractivity contribution is -0.298. The zero-order valence-corrected chi connectivity index (χ0v) is 42.9. The normalized spacial score (nSPS) is 20.6. The van der Waals surface area contributed by atoms with Gasteiger partial charge in [-0.1, -0.05) is 224 Å². The fourth-order valence-corrected chi connectivity index (χ4v) is 9.00. The van der Waals surface area contributed by atoms with Gasteiger partial charge in [-0.25, -0.2) is 4.18 Å². The van der Waals surface area contributed by atoms with Crippen LogP contribution in [0.15, 0.2) is 36.5 Å². The van der Waals surface area contributed by atoms with E-state index in [2.05, 4.69) is 47.7 Å². The molecule has 0 spiro atoms. The lowest BCUT2D eigenvalue weighted by Crippen LogP contribution is -2.61. The molecule has 0 saturated carbocycles. The Morgan fingerprint density at radius 3 is 1.43 bits per heavy atom. The largest absolute Gasteiger partial charge is 0.397 e. The van der Waals surface area contributed by atoms with Crippen molar-refractivity contribution in [3.63, 3.8) is 0 Å². The van der Waals surface area contributed by atoms with E-state index in [9.17, 15) is 43.3 Å². The van der Waals surface area contributed by atoms with Crippen LogP contribution in [0.3, 0.4) is 0 Å². The number of carbonyl (C=O) groups is 1. The third kappa shape index (κ3) is 35.1. The molecule has 1 rings (SSSR count). The van der Waals surface area contributed by atoms with Crippen LogP contribution in [0, 0.1) is 0 Å². The molecule has 0 aromatic carbocycles. The van der Waals surface area contributed by atoms with Gasteiger partial charge in [-0.05, 0) is 44.9 Å². The number of rotatable bonds is 46. The van der Waals surface area contributed by atoms with E-state index < -0.39 is 78.5 Å². The maximum Gasteiger partial charge on any atom is 0.397 e. The van der Waals surface area contributed by atoms with Crippen molar-refractivity contribution in [3.05, 3.63) is 36.5 Å². The van der Waals surface area contributed by atoms with E-state index in [-0.39, 0.29) is 6.42 Å². The van der Waals surface area contributed by atoms with Gasteiger partial charge in [0.2, 0.25) is 5.91 Å². The van der Waals surface area contributed by atoms with Gasteiger partial charge >= 0.3 is 10.4 Å². The minimum atomic E-state index is -5.13. The lowest BCUT2D eigenvalue weighted by Gasteiger charge is -2.41. The molecule has 0 aromatic rings. The first kappa shape index (κ1) is 63.3. The van der Waals surface area contributed by atoms with Crippen LogP contribution >= 0.6 is 0 Å². The molecule has 1 aliphatic heterocycles. The molecule has 1 saturated heterocycles. The van der Waals surface area contributed by atoms with Gasteiger partial charge in [0.1, 0.15) is 30.5 Å². The van der Waals surface area contributed by atoms with Crippen molar-refractivity contribution < 1.29 is 57.0 Å². The lowest BCUT2D eigenvalue weighted by atomic mass is 9.99. The third-order valence-corrected chi connectivity index (χ3v) is 13.2. The Morgan fingerprint density at radius 2 is 1.00 bits per heavy atom. The summed E-state index contributed by atoms with van der Waals surface area (Å²) < 4.78 is 47.6. The van der Waals surface area contributed by atoms with Gasteiger partial charge in [0.25, 0.3) is 0 Å². The minimum absolute atomic E-state index is 0.237. The Bertz CT molecular complexity index is 1350. The van der Waals surface area contributed by atoms with Gasteiger partial charge in [0.05, 0.1) is 25.4 Å². The summed E-state index contributed by atoms with van der Waals surface area (Å²) >= 11 is 0. The highest BCUT2D eigenvalue weighted by Crippen LogP contribution is 2.26. The predicted molar refractivity (Wildman–Crippen MR) is 270 cm³/mol. The molecule has 1 heterocycles. The summed E-state index contributed by atoms with van der Waals surface area (Å²) in [7, 11) is -5.13. The predicted octanol–water partition coefficient (Wildman–Crippen LogP) is 10.8. The van der Waals surface area contributed by atoms with Gasteiger partial charge in [-0.15, -0.1) is 0 Å². The van der Waals surface area contributed by atoms with E-state index in [1.165, 1.54) is 160 Å². The van der Waals surface area contributed by atoms with Crippen LogP contribution < -0.4 is 5.32 Å². The smallest absolute Gasteiger partial charge is 0.394 e. The van der Waals surface area contributed by atoms with E-state index in [4.69, 9.17) is 9.47 Å². The first-order valence-corrected chi connectivity index (χ1v) is 28.3. The Labute approximate surface area is 408 Å². The Hall–Kier alpha value is -1.72. The number of aliphatic hydroxyl groups is 5. The summed E-state index contributed by atoms with van der Waals surface area (Å²) in [5.41, 5.74) is 0. The van der Waals surface area contributed by atoms with E-state index in [0.29, 0.717) is 12.8 Å². The maximum atomic E-state index is 13.2. The number of nitrogens with one attached hydrogen (secondary N) is 1. The van der Waals surface area contributed by atoms with Gasteiger partial charge in [0.15, 0.2) is 6.29 Å². The van der Waals surface area contributed by atoms with Gasteiger partial charge in [-0.2, -0.15) is 8.42 Å². The van der Waals surface area contributed by atoms with Crippen molar-refractivity contribution in [2.24, 2.45) is 0 Å². The Kier molecular flexibility index (Phi) is 40.7. The number of ether oxygens (including phenoxy) is 2. The highest BCUT2D eigenvalue weighted by molar-refractivity contribution is 7.80. The fraction of sp³-hybridized carbons (Fsp3) is 0.868. The van der Waals surface area contributed by atoms with Crippen molar-refractivity contribution in [1.82, 2.24) is 5.32 Å². The van der Waals surface area contributed by atoms with E-state index in [1.807, 2.05) is 0 Å². The number of aliphatic hydroxyl groups excluding tert-OH is 5. The van der Waals surface area contributed by atoms with Gasteiger partial charge in [0, 0.05) is 0 Å². The molecule has 394 valence electrons. The summed E-state index contributed by atoms with van der Waals surface area (Å²) in [5, 5.41) is 55.4. The average Bonchev–Trinajstić information content (AvgIpc) is 3.30. The molecule has 1 fully saturated rings. The summed E-state index contributed by atoms with van der Waals surface area (Å²) in [6, 6.07) is -1.14. The number of hydrogen-bond donors (Lipinski definition) is 7. The number of hydrogen-bond acceptors (Lipinski definition) is 11. The second-order valence-corrected chi connectivity index (χ2v) is 20.0. The molecule has 8 atom stereocenters. The molecular weight excluding hydrogens is 875 g/mol. The van der Waals surface area contributed by atoms with Crippen LogP contribution in [0.25, 0.3) is 0 Å². The molecule has 0 aromatic heterocycles. The van der Waals surface area contributed by atoms with E-state index in [0.717, 1.165) is 44.9 Å². The van der Waals surface area contributed by atoms with E-state index >= 15 is 0 Å². The van der Waals surface area contributed by atoms with Crippen molar-refractivity contribution in [1.29, 1.82) is 0 Å². The molecule has 0 radical (unpaired) electrons. The zero-order chi connectivity index (χ0) is 49.2. The van der Waals surface area contributed by atoms with Crippen LogP contribution in [0.1, 0.15) is 232 Å². The van der Waals surface area contributed by atoms with E-state index in [1.54, 1.807) is 6.08 Å². The molecule has 1 amide bonds.